The number of carboxylic acids is 1. The van der Waals surface area contributed by atoms with E-state index in [-0.39, 0.29) is 12.0 Å². The average Bonchev–Trinajstić information content (AvgIpc) is 3.16. The summed E-state index contributed by atoms with van der Waals surface area (Å²) in [5.41, 5.74) is 2.28. The van der Waals surface area contributed by atoms with E-state index in [1.807, 2.05) is 24.3 Å². The molecule has 1 aliphatic carbocycles. The lowest BCUT2D eigenvalue weighted by molar-refractivity contribution is -0.141. The Kier molecular flexibility index (Phi) is 4.80. The molecule has 1 aliphatic heterocycles. The Morgan fingerprint density at radius 2 is 1.85 bits per heavy atom. The van der Waals surface area contributed by atoms with Gasteiger partial charge >= 0.3 is 5.97 Å². The van der Waals surface area contributed by atoms with Crippen molar-refractivity contribution >= 4 is 5.97 Å². The minimum absolute atomic E-state index is 0.0990. The molecular weight excluding hydrogens is 330 g/mol. The number of para-hydroxylation sites is 2. The summed E-state index contributed by atoms with van der Waals surface area (Å²) in [4.78, 5) is 11.0. The molecule has 0 spiro atoms. The van der Waals surface area contributed by atoms with E-state index >= 15 is 0 Å². The van der Waals surface area contributed by atoms with Gasteiger partial charge in [-0.3, -0.25) is 4.79 Å². The molecule has 2 aromatic rings. The summed E-state index contributed by atoms with van der Waals surface area (Å²) in [6.07, 6.45) is 2.33. The van der Waals surface area contributed by atoms with E-state index in [0.717, 1.165) is 42.9 Å². The van der Waals surface area contributed by atoms with Crippen LogP contribution in [0.4, 0.5) is 0 Å². The van der Waals surface area contributed by atoms with Crippen molar-refractivity contribution in [1.29, 1.82) is 0 Å². The predicted octanol–water partition coefficient (Wildman–Crippen LogP) is 3.54. The molecular formula is C21H23NO4. The third-order valence-corrected chi connectivity index (χ3v) is 5.24. The molecule has 2 aliphatic rings. The fourth-order valence-electron chi connectivity index (χ4n) is 3.69. The first-order valence-electron chi connectivity index (χ1n) is 9.12. The number of ether oxygens (including phenoxy) is 2. The van der Waals surface area contributed by atoms with Crippen LogP contribution in [0, 0.1) is 5.92 Å². The van der Waals surface area contributed by atoms with E-state index in [4.69, 9.17) is 14.6 Å². The zero-order chi connectivity index (χ0) is 17.9. The molecule has 5 heteroatoms. The Hall–Kier alpha value is -2.53. The molecule has 5 nitrogen and oxygen atoms in total. The monoisotopic (exact) mass is 353 g/mol. The summed E-state index contributed by atoms with van der Waals surface area (Å²) < 4.78 is 11.8. The summed E-state index contributed by atoms with van der Waals surface area (Å²) in [5.74, 6) is 0.709. The van der Waals surface area contributed by atoms with Crippen LogP contribution < -0.4 is 14.8 Å². The maximum Gasteiger partial charge on any atom is 0.306 e. The van der Waals surface area contributed by atoms with Gasteiger partial charge in [0.1, 0.15) is 6.61 Å². The number of hydrogen-bond donors (Lipinski definition) is 2. The first-order valence-corrected chi connectivity index (χ1v) is 9.12. The summed E-state index contributed by atoms with van der Waals surface area (Å²) in [5, 5.41) is 12.6. The normalized spacial score (nSPS) is 24.4. The lowest BCUT2D eigenvalue weighted by atomic mass is 10.1. The number of carboxylic acid groups (broad SMARTS) is 1. The molecule has 1 heterocycles. The highest BCUT2D eigenvalue weighted by Crippen LogP contribution is 2.35. The fourth-order valence-corrected chi connectivity index (χ4v) is 3.69. The number of rotatable bonds is 5. The van der Waals surface area contributed by atoms with Crippen LogP contribution >= 0.6 is 0 Å². The van der Waals surface area contributed by atoms with Gasteiger partial charge in [0, 0.05) is 12.6 Å². The summed E-state index contributed by atoms with van der Waals surface area (Å²) in [7, 11) is 0. The Morgan fingerprint density at radius 1 is 1.08 bits per heavy atom. The quantitative estimate of drug-likeness (QED) is 0.860. The molecule has 2 aromatic carbocycles. The summed E-state index contributed by atoms with van der Waals surface area (Å²) >= 11 is 0. The van der Waals surface area contributed by atoms with Crippen molar-refractivity contribution in [3.05, 3.63) is 59.7 Å². The molecule has 2 N–H and O–H groups in total. The average molecular weight is 353 g/mol. The Labute approximate surface area is 152 Å². The summed E-state index contributed by atoms with van der Waals surface area (Å²) in [6, 6.07) is 16.4. The largest absolute Gasteiger partial charge is 0.485 e. The Balaban J connectivity index is 1.32. The molecule has 0 aromatic heterocycles. The van der Waals surface area contributed by atoms with Gasteiger partial charge in [-0.1, -0.05) is 36.4 Å². The minimum Gasteiger partial charge on any atom is -0.485 e. The first kappa shape index (κ1) is 16.9. The first-order chi connectivity index (χ1) is 12.7. The van der Waals surface area contributed by atoms with Crippen molar-refractivity contribution in [2.45, 2.75) is 38.0 Å². The van der Waals surface area contributed by atoms with Crippen LogP contribution in [0.3, 0.4) is 0 Å². The number of aliphatic carboxylic acids is 1. The second kappa shape index (κ2) is 7.38. The summed E-state index contributed by atoms with van der Waals surface area (Å²) in [6.45, 7) is 1.26. The number of hydrogen-bond acceptors (Lipinski definition) is 4. The fraction of sp³-hybridized carbons (Fsp3) is 0.381. The van der Waals surface area contributed by atoms with E-state index in [0.29, 0.717) is 12.6 Å². The number of nitrogens with one attached hydrogen (secondary N) is 1. The lowest BCUT2D eigenvalue weighted by Gasteiger charge is -2.26. The van der Waals surface area contributed by atoms with Crippen molar-refractivity contribution < 1.29 is 19.4 Å². The highest BCUT2D eigenvalue weighted by Gasteiger charge is 2.29. The molecule has 2 unspecified atom stereocenters. The molecule has 3 atom stereocenters. The molecule has 0 radical (unpaired) electrons. The number of benzene rings is 2. The molecule has 136 valence electrons. The topological polar surface area (TPSA) is 67.8 Å². The van der Waals surface area contributed by atoms with Crippen molar-refractivity contribution in [3.63, 3.8) is 0 Å². The second-order valence-electron chi connectivity index (χ2n) is 7.03. The van der Waals surface area contributed by atoms with Crippen molar-refractivity contribution in [3.8, 4) is 11.5 Å². The van der Waals surface area contributed by atoms with E-state index in [1.54, 1.807) is 0 Å². The minimum atomic E-state index is -0.671. The highest BCUT2D eigenvalue weighted by molar-refractivity contribution is 5.70. The standard InChI is InChI=1S/C21H23NO4/c23-21(24)16-9-10-17(11-16)22-12-14-5-7-15(8-6-14)20-13-25-18-3-1-2-4-19(18)26-20/h1-8,16-17,20,22H,9-13H2,(H,23,24)/t16?,17?,20-/m1/s1. The van der Waals surface area contributed by atoms with Crippen LogP contribution in [0.2, 0.25) is 0 Å². The van der Waals surface area contributed by atoms with Crippen LogP contribution in [0.15, 0.2) is 48.5 Å². The third kappa shape index (κ3) is 3.68. The van der Waals surface area contributed by atoms with Crippen LogP contribution in [-0.2, 0) is 11.3 Å². The van der Waals surface area contributed by atoms with Gasteiger partial charge in [0.15, 0.2) is 17.6 Å². The second-order valence-corrected chi connectivity index (χ2v) is 7.03. The van der Waals surface area contributed by atoms with E-state index < -0.39 is 5.97 Å². The van der Waals surface area contributed by atoms with Crippen molar-refractivity contribution in [1.82, 2.24) is 5.32 Å². The zero-order valence-corrected chi connectivity index (χ0v) is 14.6. The van der Waals surface area contributed by atoms with E-state index in [2.05, 4.69) is 29.6 Å². The Bertz CT molecular complexity index is 774. The maximum absolute atomic E-state index is 11.0. The zero-order valence-electron chi connectivity index (χ0n) is 14.6. The van der Waals surface area contributed by atoms with E-state index in [1.165, 1.54) is 5.56 Å². The van der Waals surface area contributed by atoms with Gasteiger partial charge in [-0.25, -0.2) is 0 Å². The SMILES string of the molecule is O=C(O)C1CCC(NCc2ccc([C@H]3COc4ccccc4O3)cc2)C1. The van der Waals surface area contributed by atoms with Crippen LogP contribution in [0.25, 0.3) is 0 Å². The van der Waals surface area contributed by atoms with Crippen LogP contribution in [0.1, 0.15) is 36.5 Å². The van der Waals surface area contributed by atoms with Gasteiger partial charge in [0.2, 0.25) is 0 Å². The molecule has 1 fully saturated rings. The van der Waals surface area contributed by atoms with Gasteiger partial charge in [0.05, 0.1) is 5.92 Å². The smallest absolute Gasteiger partial charge is 0.306 e. The van der Waals surface area contributed by atoms with Crippen molar-refractivity contribution in [2.75, 3.05) is 6.61 Å². The molecule has 1 saturated carbocycles. The van der Waals surface area contributed by atoms with Gasteiger partial charge in [-0.15, -0.1) is 0 Å². The molecule has 26 heavy (non-hydrogen) atoms. The molecule has 0 bridgehead atoms. The number of fused-ring (bicyclic) bond motifs is 1. The Morgan fingerprint density at radius 3 is 2.58 bits per heavy atom. The molecule has 4 rings (SSSR count). The maximum atomic E-state index is 11.0. The van der Waals surface area contributed by atoms with Gasteiger partial charge in [-0.05, 0) is 42.5 Å². The third-order valence-electron chi connectivity index (χ3n) is 5.24. The van der Waals surface area contributed by atoms with Crippen LogP contribution in [0.5, 0.6) is 11.5 Å². The van der Waals surface area contributed by atoms with Gasteiger partial charge < -0.3 is 19.9 Å². The molecule has 0 saturated heterocycles. The van der Waals surface area contributed by atoms with Crippen molar-refractivity contribution in [2.24, 2.45) is 5.92 Å². The lowest BCUT2D eigenvalue weighted by Crippen LogP contribution is -2.26. The highest BCUT2D eigenvalue weighted by atomic mass is 16.6. The van der Waals surface area contributed by atoms with E-state index in [9.17, 15) is 4.79 Å². The number of carbonyl (C=O) groups is 1. The molecule has 0 amide bonds. The van der Waals surface area contributed by atoms with Gasteiger partial charge in [-0.2, -0.15) is 0 Å². The van der Waals surface area contributed by atoms with Crippen LogP contribution in [-0.4, -0.2) is 23.7 Å². The van der Waals surface area contributed by atoms with Gasteiger partial charge in [0.25, 0.3) is 0 Å². The predicted molar refractivity (Wildman–Crippen MR) is 97.4 cm³/mol.